The summed E-state index contributed by atoms with van der Waals surface area (Å²) in [7, 11) is 0. The molecule has 0 radical (unpaired) electrons. The van der Waals surface area contributed by atoms with Crippen molar-refractivity contribution < 1.29 is 24.2 Å². The van der Waals surface area contributed by atoms with E-state index in [1.54, 1.807) is 0 Å². The molecule has 6 heteroatoms. The minimum atomic E-state index is -1.02. The molecule has 88 valence electrons. The number of carboxylic acid groups (broad SMARTS) is 1. The molecule has 15 heavy (non-hydrogen) atoms. The molecule has 0 bridgehead atoms. The lowest BCUT2D eigenvalue weighted by Gasteiger charge is -2.05. The summed E-state index contributed by atoms with van der Waals surface area (Å²) in [5.74, 6) is -1.14. The van der Waals surface area contributed by atoms with E-state index >= 15 is 0 Å². The van der Waals surface area contributed by atoms with Crippen molar-refractivity contribution in [3.05, 3.63) is 0 Å². The predicted molar refractivity (Wildman–Crippen MR) is 52.6 cm³/mol. The van der Waals surface area contributed by atoms with Crippen LogP contribution in [0.25, 0.3) is 0 Å². The summed E-state index contributed by atoms with van der Waals surface area (Å²) >= 11 is 0. The third-order valence-electron chi connectivity index (χ3n) is 1.47. The van der Waals surface area contributed by atoms with Crippen molar-refractivity contribution in [3.63, 3.8) is 0 Å². The molecule has 0 heterocycles. The Balaban J connectivity index is 3.20. The molecule has 0 saturated carbocycles. The number of aliphatic carboxylic acids is 1. The normalized spacial score (nSPS) is 9.93. The summed E-state index contributed by atoms with van der Waals surface area (Å²) in [5, 5.41) is 10.8. The van der Waals surface area contributed by atoms with Crippen molar-refractivity contribution >= 4 is 11.9 Å². The third-order valence-corrected chi connectivity index (χ3v) is 1.47. The summed E-state index contributed by atoms with van der Waals surface area (Å²) < 4.78 is 9.72. The Morgan fingerprint density at radius 3 is 2.60 bits per heavy atom. The van der Waals surface area contributed by atoms with E-state index in [1.165, 1.54) is 0 Å². The van der Waals surface area contributed by atoms with Gasteiger partial charge in [0.2, 0.25) is 5.91 Å². The van der Waals surface area contributed by atoms with Crippen molar-refractivity contribution in [2.45, 2.75) is 13.3 Å². The van der Waals surface area contributed by atoms with Gasteiger partial charge in [-0.05, 0) is 6.92 Å². The van der Waals surface area contributed by atoms with Crippen LogP contribution in [0.5, 0.6) is 0 Å². The second-order valence-corrected chi connectivity index (χ2v) is 2.74. The summed E-state index contributed by atoms with van der Waals surface area (Å²) in [6.07, 6.45) is 0.312. The SMILES string of the molecule is CCOCCC(=O)NCCOCC(=O)O. The number of amides is 1. The van der Waals surface area contributed by atoms with Gasteiger partial charge in [-0.3, -0.25) is 4.79 Å². The molecule has 0 unspecified atom stereocenters. The molecule has 0 saturated heterocycles. The van der Waals surface area contributed by atoms with Gasteiger partial charge in [0.05, 0.1) is 13.2 Å². The summed E-state index contributed by atoms with van der Waals surface area (Å²) in [6, 6.07) is 0. The summed E-state index contributed by atoms with van der Waals surface area (Å²) in [5.41, 5.74) is 0. The molecule has 0 aliphatic rings. The molecule has 0 aliphatic heterocycles. The molecule has 0 aromatic carbocycles. The minimum Gasteiger partial charge on any atom is -0.480 e. The zero-order chi connectivity index (χ0) is 11.5. The lowest BCUT2D eigenvalue weighted by Crippen LogP contribution is -2.28. The molecule has 2 N–H and O–H groups in total. The van der Waals surface area contributed by atoms with E-state index in [-0.39, 0.29) is 19.1 Å². The fraction of sp³-hybridized carbons (Fsp3) is 0.778. The van der Waals surface area contributed by atoms with Crippen LogP contribution in [-0.4, -0.2) is 50.0 Å². The standard InChI is InChI=1S/C9H17NO5/c1-2-14-5-3-8(11)10-4-6-15-7-9(12)13/h2-7H2,1H3,(H,10,11)(H,12,13). The number of carboxylic acids is 1. The highest BCUT2D eigenvalue weighted by Gasteiger charge is 2.00. The lowest BCUT2D eigenvalue weighted by atomic mass is 10.4. The van der Waals surface area contributed by atoms with E-state index in [9.17, 15) is 9.59 Å². The maximum absolute atomic E-state index is 11.1. The highest BCUT2D eigenvalue weighted by atomic mass is 16.5. The minimum absolute atomic E-state index is 0.123. The fourth-order valence-electron chi connectivity index (χ4n) is 0.820. The molecular weight excluding hydrogens is 202 g/mol. The molecule has 0 atom stereocenters. The average Bonchev–Trinajstić information content (AvgIpc) is 2.17. The third kappa shape index (κ3) is 10.8. The number of rotatable bonds is 9. The monoisotopic (exact) mass is 219 g/mol. The van der Waals surface area contributed by atoms with Crippen LogP contribution in [0.2, 0.25) is 0 Å². The second-order valence-electron chi connectivity index (χ2n) is 2.74. The Bertz CT molecular complexity index is 195. The Morgan fingerprint density at radius 1 is 1.27 bits per heavy atom. The van der Waals surface area contributed by atoms with Gasteiger partial charge in [0.1, 0.15) is 6.61 Å². The number of ether oxygens (including phenoxy) is 2. The van der Waals surface area contributed by atoms with Crippen LogP contribution in [0.3, 0.4) is 0 Å². The van der Waals surface area contributed by atoms with Crippen LogP contribution >= 0.6 is 0 Å². The van der Waals surface area contributed by atoms with Crippen molar-refractivity contribution in [3.8, 4) is 0 Å². The van der Waals surface area contributed by atoms with Crippen LogP contribution in [0.4, 0.5) is 0 Å². The van der Waals surface area contributed by atoms with E-state index in [4.69, 9.17) is 14.6 Å². The maximum Gasteiger partial charge on any atom is 0.329 e. The molecule has 0 spiro atoms. The number of hydrogen-bond donors (Lipinski definition) is 2. The molecule has 1 amide bonds. The zero-order valence-corrected chi connectivity index (χ0v) is 8.82. The quantitative estimate of drug-likeness (QED) is 0.517. The van der Waals surface area contributed by atoms with Gasteiger partial charge in [-0.15, -0.1) is 0 Å². The molecule has 6 nitrogen and oxygen atoms in total. The molecular formula is C9H17NO5. The zero-order valence-electron chi connectivity index (χ0n) is 8.82. The molecule has 0 aromatic heterocycles. The Morgan fingerprint density at radius 2 is 2.00 bits per heavy atom. The number of carbonyl (C=O) groups excluding carboxylic acids is 1. The molecule has 0 aliphatic carbocycles. The van der Waals surface area contributed by atoms with E-state index in [1.807, 2.05) is 6.92 Å². The average molecular weight is 219 g/mol. The largest absolute Gasteiger partial charge is 0.480 e. The van der Waals surface area contributed by atoms with Crippen LogP contribution in [-0.2, 0) is 19.1 Å². The Hall–Kier alpha value is -1.14. The first kappa shape index (κ1) is 13.9. The second kappa shape index (κ2) is 9.42. The first-order valence-electron chi connectivity index (χ1n) is 4.80. The first-order valence-corrected chi connectivity index (χ1v) is 4.80. The maximum atomic E-state index is 11.1. The summed E-state index contributed by atoms with van der Waals surface area (Å²) in [6.45, 7) is 3.03. The number of carbonyl (C=O) groups is 2. The lowest BCUT2D eigenvalue weighted by molar-refractivity contribution is -0.142. The van der Waals surface area contributed by atoms with Gasteiger partial charge in [-0.2, -0.15) is 0 Å². The van der Waals surface area contributed by atoms with Crippen molar-refractivity contribution in [1.82, 2.24) is 5.32 Å². The fourth-order valence-corrected chi connectivity index (χ4v) is 0.820. The first-order chi connectivity index (χ1) is 7.16. The number of nitrogens with one attached hydrogen (secondary N) is 1. The van der Waals surface area contributed by atoms with E-state index in [0.717, 1.165) is 0 Å². The van der Waals surface area contributed by atoms with Gasteiger partial charge in [-0.25, -0.2) is 4.79 Å². The predicted octanol–water partition coefficient (Wildman–Crippen LogP) is -0.370. The van der Waals surface area contributed by atoms with E-state index in [2.05, 4.69) is 5.32 Å². The van der Waals surface area contributed by atoms with Gasteiger partial charge in [0.25, 0.3) is 0 Å². The summed E-state index contributed by atoms with van der Waals surface area (Å²) in [4.78, 5) is 21.1. The smallest absolute Gasteiger partial charge is 0.329 e. The topological polar surface area (TPSA) is 84.9 Å². The highest BCUT2D eigenvalue weighted by Crippen LogP contribution is 1.82. The van der Waals surface area contributed by atoms with Gasteiger partial charge in [0.15, 0.2) is 0 Å². The van der Waals surface area contributed by atoms with Gasteiger partial charge < -0.3 is 19.9 Å². The van der Waals surface area contributed by atoms with Crippen LogP contribution in [0.15, 0.2) is 0 Å². The van der Waals surface area contributed by atoms with E-state index < -0.39 is 5.97 Å². The van der Waals surface area contributed by atoms with Crippen LogP contribution in [0, 0.1) is 0 Å². The number of hydrogen-bond acceptors (Lipinski definition) is 4. The van der Waals surface area contributed by atoms with Crippen molar-refractivity contribution in [2.75, 3.05) is 33.0 Å². The van der Waals surface area contributed by atoms with E-state index in [0.29, 0.717) is 26.2 Å². The van der Waals surface area contributed by atoms with Gasteiger partial charge in [0, 0.05) is 19.6 Å². The molecule has 0 aromatic rings. The van der Waals surface area contributed by atoms with Crippen LogP contribution in [0.1, 0.15) is 13.3 Å². The Labute approximate surface area is 88.6 Å². The highest BCUT2D eigenvalue weighted by molar-refractivity contribution is 5.75. The Kier molecular flexibility index (Phi) is 8.70. The van der Waals surface area contributed by atoms with Crippen molar-refractivity contribution in [1.29, 1.82) is 0 Å². The van der Waals surface area contributed by atoms with Gasteiger partial charge >= 0.3 is 5.97 Å². The molecule has 0 fully saturated rings. The van der Waals surface area contributed by atoms with Crippen LogP contribution < -0.4 is 5.32 Å². The van der Waals surface area contributed by atoms with Gasteiger partial charge in [-0.1, -0.05) is 0 Å². The molecule has 0 rings (SSSR count). The van der Waals surface area contributed by atoms with Crippen molar-refractivity contribution in [2.24, 2.45) is 0 Å².